The number of nitrogens with zero attached hydrogens (tertiary/aromatic N) is 3. The predicted molar refractivity (Wildman–Crippen MR) is 63.0 cm³/mol. The number of benzene rings is 1. The molecule has 0 aliphatic carbocycles. The summed E-state index contributed by atoms with van der Waals surface area (Å²) in [5, 5.41) is 12.6. The van der Waals surface area contributed by atoms with Crippen LogP contribution in [0.15, 0.2) is 12.3 Å². The first-order chi connectivity index (χ1) is 8.47. The monoisotopic (exact) mass is 267 g/mol. The predicted octanol–water partition coefficient (Wildman–Crippen LogP) is 3.20. The number of rotatable bonds is 1. The van der Waals surface area contributed by atoms with E-state index in [4.69, 9.17) is 16.9 Å². The quantitative estimate of drug-likeness (QED) is 0.745. The third-order valence-electron chi connectivity index (χ3n) is 2.64. The van der Waals surface area contributed by atoms with E-state index in [1.165, 1.54) is 10.9 Å². The Balaban J connectivity index is 2.91. The van der Waals surface area contributed by atoms with Gasteiger partial charge in [-0.1, -0.05) is 11.6 Å². The van der Waals surface area contributed by atoms with Crippen LogP contribution in [0.5, 0.6) is 0 Å². The molecule has 92 valence electrons. The van der Waals surface area contributed by atoms with Crippen molar-refractivity contribution < 1.29 is 8.78 Å². The van der Waals surface area contributed by atoms with Crippen molar-refractivity contribution in [2.75, 3.05) is 0 Å². The molecule has 0 unspecified atom stereocenters. The second-order valence-electron chi connectivity index (χ2n) is 3.82. The van der Waals surface area contributed by atoms with Gasteiger partial charge in [-0.05, 0) is 18.6 Å². The minimum atomic E-state index is -0.848. The largest absolute Gasteiger partial charge is 0.268 e. The van der Waals surface area contributed by atoms with Gasteiger partial charge in [-0.3, -0.25) is 4.68 Å². The standard InChI is InChI=1S/C12H8ClF2N3/c1-6-5-17-18(2)12(6)10-7(4-16)9(14)3-8(13)11(10)15/h3,5H,1-2H3. The highest BCUT2D eigenvalue weighted by Gasteiger charge is 2.22. The van der Waals surface area contributed by atoms with Crippen LogP contribution in [-0.2, 0) is 7.05 Å². The van der Waals surface area contributed by atoms with Gasteiger partial charge in [-0.25, -0.2) is 8.78 Å². The average Bonchev–Trinajstić information content (AvgIpc) is 2.64. The smallest absolute Gasteiger partial charge is 0.152 e. The second-order valence-corrected chi connectivity index (χ2v) is 4.22. The highest BCUT2D eigenvalue weighted by molar-refractivity contribution is 6.31. The Morgan fingerprint density at radius 3 is 2.61 bits per heavy atom. The molecule has 1 aromatic carbocycles. The molecule has 6 heteroatoms. The molecular weight excluding hydrogens is 260 g/mol. The average molecular weight is 268 g/mol. The van der Waals surface area contributed by atoms with E-state index in [1.54, 1.807) is 20.0 Å². The van der Waals surface area contributed by atoms with Crippen molar-refractivity contribution in [3.05, 3.63) is 40.0 Å². The summed E-state index contributed by atoms with van der Waals surface area (Å²) in [6, 6.07) is 2.46. The fraction of sp³-hybridized carbons (Fsp3) is 0.167. The number of aromatic nitrogens is 2. The molecule has 1 heterocycles. The third-order valence-corrected chi connectivity index (χ3v) is 2.92. The van der Waals surface area contributed by atoms with Crippen LogP contribution in [0.4, 0.5) is 8.78 Å². The van der Waals surface area contributed by atoms with Crippen LogP contribution >= 0.6 is 11.6 Å². The van der Waals surface area contributed by atoms with Crippen molar-refractivity contribution in [2.24, 2.45) is 7.05 Å². The Kier molecular flexibility index (Phi) is 3.05. The van der Waals surface area contributed by atoms with Gasteiger partial charge in [-0.15, -0.1) is 0 Å². The highest BCUT2D eigenvalue weighted by Crippen LogP contribution is 2.34. The van der Waals surface area contributed by atoms with E-state index in [2.05, 4.69) is 5.10 Å². The van der Waals surface area contributed by atoms with Crippen LogP contribution in [-0.4, -0.2) is 9.78 Å². The Hall–Kier alpha value is -1.93. The first-order valence-corrected chi connectivity index (χ1v) is 5.41. The summed E-state index contributed by atoms with van der Waals surface area (Å²) in [6.45, 7) is 1.70. The molecule has 0 atom stereocenters. The van der Waals surface area contributed by atoms with Crippen molar-refractivity contribution in [3.63, 3.8) is 0 Å². The molecule has 1 aromatic heterocycles. The van der Waals surface area contributed by atoms with Gasteiger partial charge >= 0.3 is 0 Å². The number of aryl methyl sites for hydroxylation is 2. The SMILES string of the molecule is Cc1cnn(C)c1-c1c(F)c(Cl)cc(F)c1C#N. The summed E-state index contributed by atoms with van der Waals surface area (Å²) >= 11 is 5.62. The van der Waals surface area contributed by atoms with Crippen molar-refractivity contribution in [1.82, 2.24) is 9.78 Å². The zero-order valence-corrected chi connectivity index (χ0v) is 10.4. The zero-order chi connectivity index (χ0) is 13.4. The molecular formula is C12H8ClF2N3. The van der Waals surface area contributed by atoms with E-state index in [0.717, 1.165) is 6.07 Å². The summed E-state index contributed by atoms with van der Waals surface area (Å²) in [5.74, 6) is -1.67. The summed E-state index contributed by atoms with van der Waals surface area (Å²) in [7, 11) is 1.59. The summed E-state index contributed by atoms with van der Waals surface area (Å²) in [5.41, 5.74) is 0.448. The fourth-order valence-electron chi connectivity index (χ4n) is 1.83. The van der Waals surface area contributed by atoms with E-state index in [0.29, 0.717) is 11.3 Å². The van der Waals surface area contributed by atoms with Crippen molar-refractivity contribution in [1.29, 1.82) is 5.26 Å². The topological polar surface area (TPSA) is 41.6 Å². The van der Waals surface area contributed by atoms with Crippen LogP contribution in [0, 0.1) is 29.9 Å². The number of hydrogen-bond donors (Lipinski definition) is 0. The van der Waals surface area contributed by atoms with Crippen molar-refractivity contribution in [2.45, 2.75) is 6.92 Å². The Morgan fingerprint density at radius 2 is 2.11 bits per heavy atom. The minimum Gasteiger partial charge on any atom is -0.268 e. The van der Waals surface area contributed by atoms with Crippen LogP contribution in [0.2, 0.25) is 5.02 Å². The fourth-order valence-corrected chi connectivity index (χ4v) is 2.02. The maximum Gasteiger partial charge on any atom is 0.152 e. The lowest BCUT2D eigenvalue weighted by atomic mass is 10.0. The molecule has 0 fully saturated rings. The van der Waals surface area contributed by atoms with Gasteiger partial charge in [0.15, 0.2) is 5.82 Å². The number of halogens is 3. The first-order valence-electron chi connectivity index (χ1n) is 5.04. The van der Waals surface area contributed by atoms with E-state index < -0.39 is 11.6 Å². The van der Waals surface area contributed by atoms with Gasteiger partial charge in [0.2, 0.25) is 0 Å². The Labute approximate surface area is 107 Å². The minimum absolute atomic E-state index is 0.153. The number of nitriles is 1. The Bertz CT molecular complexity index is 651. The van der Waals surface area contributed by atoms with Crippen LogP contribution in [0.3, 0.4) is 0 Å². The van der Waals surface area contributed by atoms with Crippen molar-refractivity contribution >= 4 is 11.6 Å². The zero-order valence-electron chi connectivity index (χ0n) is 9.63. The molecule has 0 N–H and O–H groups in total. The van der Waals surface area contributed by atoms with Gasteiger partial charge in [0, 0.05) is 7.05 Å². The molecule has 2 aromatic rings. The molecule has 0 amide bonds. The lowest BCUT2D eigenvalue weighted by Crippen LogP contribution is -2.02. The molecule has 0 saturated heterocycles. The van der Waals surface area contributed by atoms with Gasteiger partial charge < -0.3 is 0 Å². The lowest BCUT2D eigenvalue weighted by Gasteiger charge is -2.10. The van der Waals surface area contributed by atoms with Crippen LogP contribution < -0.4 is 0 Å². The maximum atomic E-state index is 14.1. The Morgan fingerprint density at radius 1 is 1.44 bits per heavy atom. The van der Waals surface area contributed by atoms with E-state index in [-0.39, 0.29) is 16.1 Å². The van der Waals surface area contributed by atoms with Crippen LogP contribution in [0.25, 0.3) is 11.3 Å². The second kappa shape index (κ2) is 4.39. The molecule has 0 radical (unpaired) electrons. The first kappa shape index (κ1) is 12.5. The lowest BCUT2D eigenvalue weighted by molar-refractivity contribution is 0.598. The van der Waals surface area contributed by atoms with Gasteiger partial charge in [0.05, 0.1) is 22.5 Å². The molecule has 18 heavy (non-hydrogen) atoms. The molecule has 0 bridgehead atoms. The maximum absolute atomic E-state index is 14.1. The molecule has 0 aliphatic heterocycles. The van der Waals surface area contributed by atoms with Crippen LogP contribution in [0.1, 0.15) is 11.1 Å². The summed E-state index contributed by atoms with van der Waals surface area (Å²) in [4.78, 5) is 0. The van der Waals surface area contributed by atoms with E-state index >= 15 is 0 Å². The molecule has 0 saturated carbocycles. The van der Waals surface area contributed by atoms with Crippen molar-refractivity contribution in [3.8, 4) is 17.3 Å². The summed E-state index contributed by atoms with van der Waals surface area (Å²) < 4.78 is 29.1. The van der Waals surface area contributed by atoms with E-state index in [1.807, 2.05) is 0 Å². The molecule has 2 rings (SSSR count). The molecule has 0 spiro atoms. The molecule has 3 nitrogen and oxygen atoms in total. The summed E-state index contributed by atoms with van der Waals surface area (Å²) in [6.07, 6.45) is 1.51. The van der Waals surface area contributed by atoms with E-state index in [9.17, 15) is 8.78 Å². The number of hydrogen-bond acceptors (Lipinski definition) is 2. The highest BCUT2D eigenvalue weighted by atomic mass is 35.5. The van der Waals surface area contributed by atoms with Gasteiger partial charge in [0.1, 0.15) is 17.4 Å². The normalized spacial score (nSPS) is 10.4. The molecule has 0 aliphatic rings. The third kappa shape index (κ3) is 1.75. The van der Waals surface area contributed by atoms with Gasteiger partial charge in [-0.2, -0.15) is 10.4 Å². The van der Waals surface area contributed by atoms with Gasteiger partial charge in [0.25, 0.3) is 0 Å².